The molecule has 0 N–H and O–H groups in total. The van der Waals surface area contributed by atoms with E-state index in [1.165, 1.54) is 31.1 Å². The molecular formula is C25H30F5N3O3S. The molecule has 1 fully saturated rings. The molecule has 1 aromatic carbocycles. The van der Waals surface area contributed by atoms with Gasteiger partial charge in [-0.05, 0) is 44.2 Å². The average Bonchev–Trinajstić information content (AvgIpc) is 2.88. The third kappa shape index (κ3) is 6.11. The fraction of sp³-hybridized carbons (Fsp3) is 0.520. The highest BCUT2D eigenvalue weighted by molar-refractivity contribution is 7.89. The summed E-state index contributed by atoms with van der Waals surface area (Å²) in [6, 6.07) is 3.37. The Morgan fingerprint density at radius 2 is 1.54 bits per heavy atom. The number of nitrogens with zero attached hydrogens (tertiary/aromatic N) is 3. The molecule has 0 spiro atoms. The smallest absolute Gasteiger partial charge is 0.249 e. The number of likely N-dealkylation sites (N-methyl/N-ethyl adjacent to an activating group) is 1. The van der Waals surface area contributed by atoms with E-state index in [0.717, 1.165) is 18.4 Å². The second kappa shape index (κ2) is 11.8. The Hall–Kier alpha value is -2.60. The zero-order chi connectivity index (χ0) is 27.5. The van der Waals surface area contributed by atoms with Crippen LogP contribution >= 0.6 is 0 Å². The van der Waals surface area contributed by atoms with E-state index in [-0.39, 0.29) is 6.54 Å². The summed E-state index contributed by atoms with van der Waals surface area (Å²) in [5.41, 5.74) is 1.68. The van der Waals surface area contributed by atoms with E-state index in [9.17, 15) is 35.2 Å². The molecule has 12 heteroatoms. The van der Waals surface area contributed by atoms with E-state index in [1.54, 1.807) is 26.1 Å². The van der Waals surface area contributed by atoms with Crippen molar-refractivity contribution in [2.45, 2.75) is 76.3 Å². The van der Waals surface area contributed by atoms with Gasteiger partial charge in [-0.3, -0.25) is 9.78 Å². The molecule has 0 bridgehead atoms. The van der Waals surface area contributed by atoms with Crippen LogP contribution in [0, 0.1) is 29.1 Å². The summed E-state index contributed by atoms with van der Waals surface area (Å²) >= 11 is 0. The van der Waals surface area contributed by atoms with Crippen molar-refractivity contribution in [1.29, 1.82) is 0 Å². The molecule has 1 aliphatic rings. The molecule has 1 aliphatic carbocycles. The van der Waals surface area contributed by atoms with Crippen LogP contribution in [0.1, 0.15) is 70.1 Å². The lowest BCUT2D eigenvalue weighted by molar-refractivity contribution is -0.133. The maximum Gasteiger partial charge on any atom is 0.249 e. The maximum absolute atomic E-state index is 14.2. The normalized spacial score (nSPS) is 15.0. The first-order valence-corrected chi connectivity index (χ1v) is 13.6. The Balaban J connectivity index is 1.81. The molecule has 0 atom stereocenters. The quantitative estimate of drug-likeness (QED) is 0.244. The Labute approximate surface area is 213 Å². The molecule has 1 heterocycles. The van der Waals surface area contributed by atoms with Gasteiger partial charge in [0.1, 0.15) is 0 Å². The lowest BCUT2D eigenvalue weighted by Crippen LogP contribution is -2.45. The van der Waals surface area contributed by atoms with Gasteiger partial charge in [0.15, 0.2) is 28.2 Å². The highest BCUT2D eigenvalue weighted by Gasteiger charge is 2.38. The van der Waals surface area contributed by atoms with Gasteiger partial charge in [0.25, 0.3) is 0 Å². The van der Waals surface area contributed by atoms with Crippen molar-refractivity contribution in [1.82, 2.24) is 14.2 Å². The largest absolute Gasteiger partial charge is 0.333 e. The highest BCUT2D eigenvalue weighted by atomic mass is 32.2. The molecule has 204 valence electrons. The van der Waals surface area contributed by atoms with Crippen LogP contribution in [0.15, 0.2) is 23.2 Å². The number of carbonyl (C=O) groups excluding carboxylic acids is 1. The number of hydrogen-bond acceptors (Lipinski definition) is 4. The van der Waals surface area contributed by atoms with Crippen LogP contribution in [0.3, 0.4) is 0 Å². The number of amides is 1. The lowest BCUT2D eigenvalue weighted by atomic mass is 9.85. The number of benzene rings is 1. The van der Waals surface area contributed by atoms with E-state index in [2.05, 4.69) is 4.98 Å². The number of carbonyl (C=O) groups is 1. The highest BCUT2D eigenvalue weighted by Crippen LogP contribution is 2.32. The molecule has 0 radical (unpaired) electrons. The fourth-order valence-corrected chi connectivity index (χ4v) is 6.00. The molecule has 6 nitrogen and oxygen atoms in total. The molecule has 0 unspecified atom stereocenters. The summed E-state index contributed by atoms with van der Waals surface area (Å²) in [4.78, 5) is 16.9. The van der Waals surface area contributed by atoms with E-state index in [4.69, 9.17) is 0 Å². The van der Waals surface area contributed by atoms with Crippen molar-refractivity contribution in [3.8, 4) is 0 Å². The maximum atomic E-state index is 14.2. The monoisotopic (exact) mass is 547 g/mol. The van der Waals surface area contributed by atoms with Crippen molar-refractivity contribution >= 4 is 15.9 Å². The van der Waals surface area contributed by atoms with E-state index >= 15 is 0 Å². The second-order valence-corrected chi connectivity index (χ2v) is 11.2. The zero-order valence-electron chi connectivity index (χ0n) is 20.9. The molecule has 2 aromatic rings. The van der Waals surface area contributed by atoms with Crippen LogP contribution in [0.2, 0.25) is 0 Å². The first-order chi connectivity index (χ1) is 17.4. The molecule has 1 saturated carbocycles. The van der Waals surface area contributed by atoms with Gasteiger partial charge in [0.05, 0.1) is 18.8 Å². The van der Waals surface area contributed by atoms with Crippen LogP contribution in [0.5, 0.6) is 0 Å². The van der Waals surface area contributed by atoms with Gasteiger partial charge in [-0.25, -0.2) is 30.4 Å². The minimum Gasteiger partial charge on any atom is -0.333 e. The Morgan fingerprint density at radius 3 is 2.03 bits per heavy atom. The van der Waals surface area contributed by atoms with Crippen molar-refractivity contribution in [3.63, 3.8) is 0 Å². The summed E-state index contributed by atoms with van der Waals surface area (Å²) in [5, 5.41) is 0. The van der Waals surface area contributed by atoms with Crippen LogP contribution < -0.4 is 0 Å². The molecule has 0 saturated heterocycles. The first-order valence-electron chi connectivity index (χ1n) is 12.2. The van der Waals surface area contributed by atoms with Crippen LogP contribution in [-0.2, 0) is 21.4 Å². The van der Waals surface area contributed by atoms with Crippen molar-refractivity contribution in [3.05, 3.63) is 58.7 Å². The third-order valence-electron chi connectivity index (χ3n) is 6.63. The standard InChI is InChI=1S/C25H30F5N3O3S/c1-4-32(37(35,36)25-23(29)21(27)20(26)22(28)24(25)30)14-19(34)33(15(2)3)13-18-11-10-17(12-31-18)16-8-6-5-7-9-16/h10-12,15-16H,4-9,13-14H2,1-3H3. The minimum absolute atomic E-state index is 0.0432. The predicted octanol–water partition coefficient (Wildman–Crippen LogP) is 5.27. The molecular weight excluding hydrogens is 517 g/mol. The van der Waals surface area contributed by atoms with Gasteiger partial charge >= 0.3 is 0 Å². The molecule has 3 rings (SSSR count). The number of aromatic nitrogens is 1. The minimum atomic E-state index is -5.25. The molecule has 0 aliphatic heterocycles. The van der Waals surface area contributed by atoms with Gasteiger partial charge in [-0.1, -0.05) is 32.3 Å². The number of rotatable bonds is 9. The predicted molar refractivity (Wildman–Crippen MR) is 126 cm³/mol. The third-order valence-corrected chi connectivity index (χ3v) is 8.57. The van der Waals surface area contributed by atoms with E-state index < -0.39 is 69.0 Å². The second-order valence-electron chi connectivity index (χ2n) is 9.36. The molecule has 37 heavy (non-hydrogen) atoms. The number of sulfonamides is 1. The van der Waals surface area contributed by atoms with Gasteiger partial charge in [0, 0.05) is 18.8 Å². The van der Waals surface area contributed by atoms with Crippen molar-refractivity contribution in [2.24, 2.45) is 0 Å². The summed E-state index contributed by atoms with van der Waals surface area (Å²) in [7, 11) is -5.25. The van der Waals surface area contributed by atoms with Crippen molar-refractivity contribution in [2.75, 3.05) is 13.1 Å². The zero-order valence-corrected chi connectivity index (χ0v) is 21.7. The lowest BCUT2D eigenvalue weighted by Gasteiger charge is -2.29. The first kappa shape index (κ1) is 29.0. The van der Waals surface area contributed by atoms with Gasteiger partial charge < -0.3 is 4.90 Å². The van der Waals surface area contributed by atoms with E-state index in [1.807, 2.05) is 6.07 Å². The topological polar surface area (TPSA) is 70.6 Å². The Bertz CT molecular complexity index is 1200. The molecule has 1 aromatic heterocycles. The van der Waals surface area contributed by atoms with Gasteiger partial charge in [-0.15, -0.1) is 0 Å². The van der Waals surface area contributed by atoms with E-state index in [0.29, 0.717) is 15.9 Å². The fourth-order valence-electron chi connectivity index (χ4n) is 4.49. The van der Waals surface area contributed by atoms with Crippen LogP contribution in [0.25, 0.3) is 0 Å². The SMILES string of the molecule is CCN(CC(=O)N(Cc1ccc(C2CCCCC2)cn1)C(C)C)S(=O)(=O)c1c(F)c(F)c(F)c(F)c1F. The Morgan fingerprint density at radius 1 is 0.973 bits per heavy atom. The van der Waals surface area contributed by atoms with Crippen LogP contribution in [-0.4, -0.2) is 47.6 Å². The summed E-state index contributed by atoms with van der Waals surface area (Å²) < 4.78 is 95.4. The van der Waals surface area contributed by atoms with Gasteiger partial charge in [-0.2, -0.15) is 4.31 Å². The van der Waals surface area contributed by atoms with Gasteiger partial charge in [0.2, 0.25) is 21.7 Å². The summed E-state index contributed by atoms with van der Waals surface area (Å²) in [5.74, 6) is -12.5. The number of halogens is 5. The summed E-state index contributed by atoms with van der Waals surface area (Å²) in [6.07, 6.45) is 7.54. The molecule has 1 amide bonds. The summed E-state index contributed by atoms with van der Waals surface area (Å²) in [6.45, 7) is 3.40. The Kier molecular flexibility index (Phi) is 9.27. The van der Waals surface area contributed by atoms with Crippen molar-refractivity contribution < 1.29 is 35.2 Å². The number of pyridine rings is 1. The van der Waals surface area contributed by atoms with Crippen LogP contribution in [0.4, 0.5) is 22.0 Å². The number of hydrogen-bond donors (Lipinski definition) is 0. The average molecular weight is 548 g/mol.